The molecule has 2 aromatic carbocycles. The first-order chi connectivity index (χ1) is 13.1. The van der Waals surface area contributed by atoms with Crippen LogP contribution in [0.1, 0.15) is 42.5 Å². The number of alkyl carbamates (subject to hydrolysis) is 1. The Balaban J connectivity index is 1.43. The zero-order chi connectivity index (χ0) is 18.8. The van der Waals surface area contributed by atoms with Crippen molar-refractivity contribution in [3.8, 4) is 11.1 Å². The summed E-state index contributed by atoms with van der Waals surface area (Å²) in [6.45, 7) is 7.27. The Morgan fingerprint density at radius 1 is 1.19 bits per heavy atom. The third kappa shape index (κ3) is 4.01. The fourth-order valence-corrected chi connectivity index (χ4v) is 4.24. The van der Waals surface area contributed by atoms with Gasteiger partial charge in [0, 0.05) is 12.6 Å². The van der Waals surface area contributed by atoms with Crippen molar-refractivity contribution in [2.45, 2.75) is 45.2 Å². The number of cyclic esters (lactones) is 1. The molecule has 1 N–H and O–H groups in total. The summed E-state index contributed by atoms with van der Waals surface area (Å²) in [5.74, 6) is 0. The lowest BCUT2D eigenvalue weighted by Gasteiger charge is -2.20. The molecule has 2 atom stereocenters. The average molecular weight is 364 g/mol. The van der Waals surface area contributed by atoms with Crippen LogP contribution in [0.25, 0.3) is 11.1 Å². The third-order valence-electron chi connectivity index (χ3n) is 5.97. The van der Waals surface area contributed by atoms with Crippen LogP contribution in [0.5, 0.6) is 0 Å². The van der Waals surface area contributed by atoms with Crippen LogP contribution in [-0.2, 0) is 11.2 Å². The van der Waals surface area contributed by atoms with E-state index >= 15 is 0 Å². The molecule has 4 nitrogen and oxygen atoms in total. The van der Waals surface area contributed by atoms with Gasteiger partial charge < -0.3 is 15.0 Å². The van der Waals surface area contributed by atoms with Crippen LogP contribution in [0.4, 0.5) is 4.79 Å². The monoisotopic (exact) mass is 364 g/mol. The van der Waals surface area contributed by atoms with Gasteiger partial charge in [0.15, 0.2) is 0 Å². The van der Waals surface area contributed by atoms with Crippen molar-refractivity contribution in [1.29, 1.82) is 0 Å². The largest absolute Gasteiger partial charge is 0.447 e. The Morgan fingerprint density at radius 3 is 2.63 bits per heavy atom. The molecule has 0 aromatic heterocycles. The number of hydrogen-bond donors (Lipinski definition) is 1. The molecule has 0 saturated carbocycles. The van der Waals surface area contributed by atoms with Crippen molar-refractivity contribution in [1.82, 2.24) is 10.2 Å². The number of likely N-dealkylation sites (tertiary alicyclic amines) is 1. The number of amides is 1. The first-order valence-corrected chi connectivity index (χ1v) is 9.97. The predicted molar refractivity (Wildman–Crippen MR) is 108 cm³/mol. The van der Waals surface area contributed by atoms with Gasteiger partial charge in [-0.25, -0.2) is 4.79 Å². The number of benzene rings is 2. The molecule has 2 aliphatic rings. The van der Waals surface area contributed by atoms with E-state index in [0.717, 1.165) is 24.6 Å². The summed E-state index contributed by atoms with van der Waals surface area (Å²) in [6, 6.07) is 16.1. The zero-order valence-electron chi connectivity index (χ0n) is 16.2. The van der Waals surface area contributed by atoms with Crippen LogP contribution >= 0.6 is 0 Å². The molecule has 2 heterocycles. The maximum atomic E-state index is 11.3. The van der Waals surface area contributed by atoms with Gasteiger partial charge in [-0.1, -0.05) is 42.5 Å². The number of aryl methyl sites for hydroxylation is 1. The number of rotatable bonds is 5. The molecule has 4 rings (SSSR count). The predicted octanol–water partition coefficient (Wildman–Crippen LogP) is 4.47. The second kappa shape index (κ2) is 7.73. The summed E-state index contributed by atoms with van der Waals surface area (Å²) >= 11 is 0. The topological polar surface area (TPSA) is 41.6 Å². The van der Waals surface area contributed by atoms with Crippen LogP contribution < -0.4 is 5.32 Å². The SMILES string of the molecule is Cc1cc(C2COC(=O)N2)ccc1-c1ccc(CCN2CCCC2C)cc1. The number of ether oxygens (including phenoxy) is 1. The minimum absolute atomic E-state index is 0.0411. The number of carbonyl (C=O) groups excluding carboxylic acids is 1. The zero-order valence-corrected chi connectivity index (χ0v) is 16.2. The molecule has 0 spiro atoms. The van der Waals surface area contributed by atoms with Gasteiger partial charge in [0.25, 0.3) is 0 Å². The van der Waals surface area contributed by atoms with Gasteiger partial charge in [-0.2, -0.15) is 0 Å². The van der Waals surface area contributed by atoms with Gasteiger partial charge >= 0.3 is 6.09 Å². The van der Waals surface area contributed by atoms with Crippen LogP contribution in [0.2, 0.25) is 0 Å². The van der Waals surface area contributed by atoms with Gasteiger partial charge in [-0.05, 0) is 67.5 Å². The molecule has 0 radical (unpaired) electrons. The quantitative estimate of drug-likeness (QED) is 0.851. The minimum atomic E-state index is -0.333. The molecule has 27 heavy (non-hydrogen) atoms. The molecule has 0 bridgehead atoms. The fraction of sp³-hybridized carbons (Fsp3) is 0.435. The Kier molecular flexibility index (Phi) is 5.17. The van der Waals surface area contributed by atoms with Crippen molar-refractivity contribution in [3.63, 3.8) is 0 Å². The second-order valence-corrected chi connectivity index (χ2v) is 7.84. The maximum absolute atomic E-state index is 11.3. The van der Waals surface area contributed by atoms with E-state index in [2.05, 4.69) is 66.5 Å². The van der Waals surface area contributed by atoms with Gasteiger partial charge in [0.2, 0.25) is 0 Å². The highest BCUT2D eigenvalue weighted by Crippen LogP contribution is 2.28. The van der Waals surface area contributed by atoms with E-state index in [-0.39, 0.29) is 12.1 Å². The Morgan fingerprint density at radius 2 is 2.00 bits per heavy atom. The van der Waals surface area contributed by atoms with Crippen LogP contribution in [0, 0.1) is 6.92 Å². The summed E-state index contributed by atoms with van der Waals surface area (Å²) in [4.78, 5) is 13.9. The molecule has 2 saturated heterocycles. The van der Waals surface area contributed by atoms with Crippen molar-refractivity contribution < 1.29 is 9.53 Å². The van der Waals surface area contributed by atoms with E-state index in [1.807, 2.05) is 0 Å². The number of carbonyl (C=O) groups is 1. The smallest absolute Gasteiger partial charge is 0.407 e. The van der Waals surface area contributed by atoms with E-state index in [9.17, 15) is 4.79 Å². The number of nitrogens with one attached hydrogen (secondary N) is 1. The van der Waals surface area contributed by atoms with E-state index in [0.29, 0.717) is 6.61 Å². The van der Waals surface area contributed by atoms with E-state index in [1.54, 1.807) is 0 Å². The highest BCUT2D eigenvalue weighted by molar-refractivity contribution is 5.71. The summed E-state index contributed by atoms with van der Waals surface area (Å²) in [5.41, 5.74) is 6.19. The first-order valence-electron chi connectivity index (χ1n) is 9.97. The third-order valence-corrected chi connectivity index (χ3v) is 5.97. The summed E-state index contributed by atoms with van der Waals surface area (Å²) < 4.78 is 5.00. The molecule has 142 valence electrons. The summed E-state index contributed by atoms with van der Waals surface area (Å²) in [5, 5.41) is 2.84. The summed E-state index contributed by atoms with van der Waals surface area (Å²) in [6.07, 6.45) is 3.46. The Labute approximate surface area is 161 Å². The average Bonchev–Trinajstić information content (AvgIpc) is 3.29. The highest BCUT2D eigenvalue weighted by Gasteiger charge is 2.24. The normalized spacial score (nSPS) is 22.7. The van der Waals surface area contributed by atoms with Gasteiger partial charge in [0.05, 0.1) is 6.04 Å². The van der Waals surface area contributed by atoms with Crippen molar-refractivity contribution >= 4 is 6.09 Å². The van der Waals surface area contributed by atoms with Crippen LogP contribution in [0.15, 0.2) is 42.5 Å². The van der Waals surface area contributed by atoms with Gasteiger partial charge in [0.1, 0.15) is 6.61 Å². The number of nitrogens with zero attached hydrogens (tertiary/aromatic N) is 1. The van der Waals surface area contributed by atoms with E-state index in [4.69, 9.17) is 4.74 Å². The maximum Gasteiger partial charge on any atom is 0.407 e. The fourth-order valence-electron chi connectivity index (χ4n) is 4.24. The molecular formula is C23H28N2O2. The summed E-state index contributed by atoms with van der Waals surface area (Å²) in [7, 11) is 0. The lowest BCUT2D eigenvalue weighted by atomic mass is 9.95. The second-order valence-electron chi connectivity index (χ2n) is 7.84. The van der Waals surface area contributed by atoms with E-state index < -0.39 is 0 Å². The van der Waals surface area contributed by atoms with Crippen molar-refractivity contribution in [3.05, 3.63) is 59.2 Å². The molecule has 4 heteroatoms. The standard InChI is InChI=1S/C23H28N2O2/c1-16-14-20(22-15-27-23(26)24-22)9-10-21(16)19-7-5-18(6-8-19)11-13-25-12-3-4-17(25)2/h5-10,14,17,22H,3-4,11-13,15H2,1-2H3,(H,24,26). The minimum Gasteiger partial charge on any atom is -0.447 e. The molecule has 0 aliphatic carbocycles. The molecule has 2 fully saturated rings. The molecule has 2 aliphatic heterocycles. The van der Waals surface area contributed by atoms with Gasteiger partial charge in [-0.3, -0.25) is 0 Å². The van der Waals surface area contributed by atoms with Crippen LogP contribution in [0.3, 0.4) is 0 Å². The van der Waals surface area contributed by atoms with Crippen molar-refractivity contribution in [2.24, 2.45) is 0 Å². The van der Waals surface area contributed by atoms with Crippen molar-refractivity contribution in [2.75, 3.05) is 19.7 Å². The number of hydrogen-bond acceptors (Lipinski definition) is 3. The first kappa shape index (κ1) is 18.1. The molecular weight excluding hydrogens is 336 g/mol. The lowest BCUT2D eigenvalue weighted by molar-refractivity contribution is 0.177. The highest BCUT2D eigenvalue weighted by atomic mass is 16.6. The Hall–Kier alpha value is -2.33. The molecule has 2 aromatic rings. The van der Waals surface area contributed by atoms with Crippen LogP contribution in [-0.4, -0.2) is 36.7 Å². The van der Waals surface area contributed by atoms with E-state index in [1.165, 1.54) is 41.6 Å². The van der Waals surface area contributed by atoms with Gasteiger partial charge in [-0.15, -0.1) is 0 Å². The Bertz CT molecular complexity index is 816. The molecule has 1 amide bonds. The lowest BCUT2D eigenvalue weighted by Crippen LogP contribution is -2.28. The molecule has 2 unspecified atom stereocenters.